The summed E-state index contributed by atoms with van der Waals surface area (Å²) in [5, 5.41) is 13.3. The van der Waals surface area contributed by atoms with Crippen LogP contribution in [0.2, 0.25) is 0 Å². The second-order valence-corrected chi connectivity index (χ2v) is 6.32. The number of rotatable bonds is 5. The molecule has 0 amide bonds. The Morgan fingerprint density at radius 1 is 1.37 bits per heavy atom. The lowest BCUT2D eigenvalue weighted by molar-refractivity contribution is 0.588. The van der Waals surface area contributed by atoms with E-state index in [1.54, 1.807) is 6.07 Å². The molecule has 0 atom stereocenters. The second-order valence-electron chi connectivity index (χ2n) is 4.46. The van der Waals surface area contributed by atoms with E-state index in [2.05, 4.69) is 45.3 Å². The summed E-state index contributed by atoms with van der Waals surface area (Å²) in [4.78, 5) is 0. The molecule has 2 aromatic rings. The standard InChI is InChI=1S/C13H15BrFN3S/c1-8(2)16-7-6-11-17-18-13(19-11)9-4-3-5-10(15)12(9)14/h3-5,8,16H,6-7H2,1-2H3. The van der Waals surface area contributed by atoms with Crippen LogP contribution in [0.5, 0.6) is 0 Å². The average molecular weight is 344 g/mol. The summed E-state index contributed by atoms with van der Waals surface area (Å²) in [5.74, 6) is -0.282. The van der Waals surface area contributed by atoms with Crippen molar-refractivity contribution in [3.63, 3.8) is 0 Å². The summed E-state index contributed by atoms with van der Waals surface area (Å²) in [5.41, 5.74) is 0.751. The van der Waals surface area contributed by atoms with Gasteiger partial charge in [0.05, 0.1) is 4.47 Å². The van der Waals surface area contributed by atoms with Crippen LogP contribution in [-0.4, -0.2) is 22.8 Å². The van der Waals surface area contributed by atoms with E-state index in [4.69, 9.17) is 0 Å². The summed E-state index contributed by atoms with van der Waals surface area (Å²) in [7, 11) is 0. The minimum absolute atomic E-state index is 0.282. The number of nitrogens with zero attached hydrogens (tertiary/aromatic N) is 2. The number of aromatic nitrogens is 2. The van der Waals surface area contributed by atoms with Gasteiger partial charge in [-0.15, -0.1) is 10.2 Å². The lowest BCUT2D eigenvalue weighted by Crippen LogP contribution is -2.24. The molecule has 0 fully saturated rings. The van der Waals surface area contributed by atoms with Gasteiger partial charge in [0.15, 0.2) is 0 Å². The van der Waals surface area contributed by atoms with E-state index < -0.39 is 0 Å². The summed E-state index contributed by atoms with van der Waals surface area (Å²) < 4.78 is 13.9. The van der Waals surface area contributed by atoms with Crippen molar-refractivity contribution < 1.29 is 4.39 Å². The van der Waals surface area contributed by atoms with E-state index in [1.807, 2.05) is 6.07 Å². The molecule has 2 rings (SSSR count). The summed E-state index contributed by atoms with van der Waals surface area (Å²) in [6.45, 7) is 5.08. The molecule has 102 valence electrons. The van der Waals surface area contributed by atoms with Gasteiger partial charge in [0.1, 0.15) is 15.8 Å². The summed E-state index contributed by atoms with van der Waals surface area (Å²) in [6.07, 6.45) is 0.836. The molecule has 1 aromatic heterocycles. The van der Waals surface area contributed by atoms with Gasteiger partial charge in [-0.3, -0.25) is 0 Å². The molecule has 0 aliphatic rings. The van der Waals surface area contributed by atoms with Crippen molar-refractivity contribution in [2.75, 3.05) is 6.54 Å². The Balaban J connectivity index is 2.10. The van der Waals surface area contributed by atoms with Gasteiger partial charge in [0, 0.05) is 24.6 Å². The van der Waals surface area contributed by atoms with Crippen LogP contribution in [0.3, 0.4) is 0 Å². The van der Waals surface area contributed by atoms with Gasteiger partial charge in [0.25, 0.3) is 0 Å². The topological polar surface area (TPSA) is 37.8 Å². The lowest BCUT2D eigenvalue weighted by atomic mass is 10.2. The molecule has 1 heterocycles. The molecule has 0 saturated heterocycles. The zero-order valence-electron chi connectivity index (χ0n) is 10.8. The second kappa shape index (κ2) is 6.54. The zero-order valence-corrected chi connectivity index (χ0v) is 13.2. The first-order valence-corrected chi connectivity index (χ1v) is 7.69. The highest BCUT2D eigenvalue weighted by atomic mass is 79.9. The summed E-state index contributed by atoms with van der Waals surface area (Å²) >= 11 is 4.75. The van der Waals surface area contributed by atoms with Crippen LogP contribution in [0.4, 0.5) is 4.39 Å². The Kier molecular flexibility index (Phi) is 5.01. The van der Waals surface area contributed by atoms with Gasteiger partial charge in [-0.2, -0.15) is 0 Å². The van der Waals surface area contributed by atoms with Gasteiger partial charge < -0.3 is 5.32 Å². The van der Waals surface area contributed by atoms with E-state index in [9.17, 15) is 4.39 Å². The third-order valence-electron chi connectivity index (χ3n) is 2.54. The van der Waals surface area contributed by atoms with Crippen molar-refractivity contribution in [2.24, 2.45) is 0 Å². The zero-order chi connectivity index (χ0) is 13.8. The molecule has 0 bridgehead atoms. The number of nitrogens with one attached hydrogen (secondary N) is 1. The molecular weight excluding hydrogens is 329 g/mol. The Morgan fingerprint density at radius 2 is 2.16 bits per heavy atom. The number of benzene rings is 1. The molecule has 1 aromatic carbocycles. The summed E-state index contributed by atoms with van der Waals surface area (Å²) in [6, 6.07) is 5.40. The molecule has 0 radical (unpaired) electrons. The SMILES string of the molecule is CC(C)NCCc1nnc(-c2cccc(F)c2Br)s1. The molecule has 0 aliphatic heterocycles. The number of halogens is 2. The smallest absolute Gasteiger partial charge is 0.149 e. The highest BCUT2D eigenvalue weighted by molar-refractivity contribution is 9.10. The van der Waals surface area contributed by atoms with Crippen LogP contribution in [-0.2, 0) is 6.42 Å². The van der Waals surface area contributed by atoms with Crippen LogP contribution in [0.15, 0.2) is 22.7 Å². The van der Waals surface area contributed by atoms with Crippen molar-refractivity contribution in [2.45, 2.75) is 26.3 Å². The van der Waals surface area contributed by atoms with E-state index in [1.165, 1.54) is 17.4 Å². The first-order chi connectivity index (χ1) is 9.08. The predicted octanol–water partition coefficient (Wildman–Crippen LogP) is 3.65. The maximum Gasteiger partial charge on any atom is 0.149 e. The predicted molar refractivity (Wildman–Crippen MR) is 79.8 cm³/mol. The van der Waals surface area contributed by atoms with E-state index in [-0.39, 0.29) is 5.82 Å². The largest absolute Gasteiger partial charge is 0.314 e. The molecular formula is C13H15BrFN3S. The first kappa shape index (κ1) is 14.6. The Bertz CT molecular complexity index is 557. The van der Waals surface area contributed by atoms with Crippen molar-refractivity contribution >= 4 is 27.3 Å². The highest BCUT2D eigenvalue weighted by Gasteiger charge is 2.12. The minimum Gasteiger partial charge on any atom is -0.314 e. The van der Waals surface area contributed by atoms with Crippen LogP contribution < -0.4 is 5.32 Å². The molecule has 3 nitrogen and oxygen atoms in total. The van der Waals surface area contributed by atoms with Crippen molar-refractivity contribution in [3.8, 4) is 10.6 Å². The molecule has 0 unspecified atom stereocenters. The maximum atomic E-state index is 13.5. The third-order valence-corrected chi connectivity index (χ3v) is 4.36. The van der Waals surface area contributed by atoms with Crippen LogP contribution in [0.1, 0.15) is 18.9 Å². The van der Waals surface area contributed by atoms with Gasteiger partial charge in [-0.05, 0) is 22.0 Å². The molecule has 6 heteroatoms. The monoisotopic (exact) mass is 343 g/mol. The normalized spacial score (nSPS) is 11.2. The van der Waals surface area contributed by atoms with Crippen molar-refractivity contribution in [1.29, 1.82) is 0 Å². The third kappa shape index (κ3) is 3.81. The lowest BCUT2D eigenvalue weighted by Gasteiger charge is -2.05. The molecule has 0 aliphatic carbocycles. The van der Waals surface area contributed by atoms with Gasteiger partial charge in [-0.25, -0.2) is 4.39 Å². The molecule has 19 heavy (non-hydrogen) atoms. The highest BCUT2D eigenvalue weighted by Crippen LogP contribution is 2.32. The van der Waals surface area contributed by atoms with Crippen molar-refractivity contribution in [1.82, 2.24) is 15.5 Å². The van der Waals surface area contributed by atoms with Crippen LogP contribution in [0.25, 0.3) is 10.6 Å². The average Bonchev–Trinajstić information content (AvgIpc) is 2.81. The maximum absolute atomic E-state index is 13.5. The molecule has 0 saturated carbocycles. The van der Waals surface area contributed by atoms with Gasteiger partial charge in [0.2, 0.25) is 0 Å². The van der Waals surface area contributed by atoms with Crippen LogP contribution in [0, 0.1) is 5.82 Å². The van der Waals surface area contributed by atoms with Gasteiger partial charge in [-0.1, -0.05) is 37.3 Å². The quantitative estimate of drug-likeness (QED) is 0.900. The Hall–Kier alpha value is -0.850. The van der Waals surface area contributed by atoms with Crippen LogP contribution >= 0.6 is 27.3 Å². The van der Waals surface area contributed by atoms with E-state index in [0.717, 1.165) is 28.5 Å². The minimum atomic E-state index is -0.282. The van der Waals surface area contributed by atoms with E-state index in [0.29, 0.717) is 10.5 Å². The van der Waals surface area contributed by atoms with Gasteiger partial charge >= 0.3 is 0 Å². The fourth-order valence-corrected chi connectivity index (χ4v) is 3.05. The fraction of sp³-hybridized carbons (Fsp3) is 0.385. The fourth-order valence-electron chi connectivity index (χ4n) is 1.60. The Labute approximate surface area is 124 Å². The van der Waals surface area contributed by atoms with E-state index >= 15 is 0 Å². The first-order valence-electron chi connectivity index (χ1n) is 6.08. The number of hydrogen-bond donors (Lipinski definition) is 1. The number of hydrogen-bond acceptors (Lipinski definition) is 4. The molecule has 1 N–H and O–H groups in total. The van der Waals surface area contributed by atoms with Crippen molar-refractivity contribution in [3.05, 3.63) is 33.5 Å². The Morgan fingerprint density at radius 3 is 2.89 bits per heavy atom. The molecule has 0 spiro atoms.